The van der Waals surface area contributed by atoms with Crippen LogP contribution in [-0.4, -0.2) is 18.6 Å². The molecule has 0 aliphatic rings. The van der Waals surface area contributed by atoms with E-state index in [-0.39, 0.29) is 0 Å². The van der Waals surface area contributed by atoms with Gasteiger partial charge >= 0.3 is 0 Å². The van der Waals surface area contributed by atoms with Crippen molar-refractivity contribution in [3.8, 4) is 0 Å². The summed E-state index contributed by atoms with van der Waals surface area (Å²) in [5.41, 5.74) is 2.20. The number of para-hydroxylation sites is 1. The zero-order valence-electron chi connectivity index (χ0n) is 13.7. The van der Waals surface area contributed by atoms with Crippen LogP contribution in [0.1, 0.15) is 31.2 Å². The lowest BCUT2D eigenvalue weighted by atomic mass is 10.2. The number of aromatic nitrogens is 1. The summed E-state index contributed by atoms with van der Waals surface area (Å²) < 4.78 is 2.24. The van der Waals surface area contributed by atoms with Crippen molar-refractivity contribution in [2.75, 3.05) is 17.4 Å². The third-order valence-electron chi connectivity index (χ3n) is 3.73. The van der Waals surface area contributed by atoms with Crippen LogP contribution < -0.4 is 9.58 Å². The Kier molecular flexibility index (Phi) is 7.81. The fraction of sp³-hybridized carbons (Fsp3) is 0.368. The van der Waals surface area contributed by atoms with Crippen molar-refractivity contribution < 1.29 is 4.57 Å². The average Bonchev–Trinajstić information content (AvgIpc) is 2.61. The number of anilines is 1. The van der Waals surface area contributed by atoms with E-state index in [0.29, 0.717) is 0 Å². The molecule has 4 heteroatoms. The van der Waals surface area contributed by atoms with Gasteiger partial charge in [0.05, 0.1) is 11.9 Å². The largest absolute Gasteiger partial charge is 0.269 e. The molecule has 0 aliphatic carbocycles. The van der Waals surface area contributed by atoms with Gasteiger partial charge in [-0.1, -0.05) is 40.5 Å². The Bertz CT molecular complexity index is 581. The van der Waals surface area contributed by atoms with Gasteiger partial charge in [0.25, 0.3) is 0 Å². The SMILES string of the molecule is CN(/N=C\c1cc[n+](CCCCCCBr)cc1)c1ccccc1. The van der Waals surface area contributed by atoms with Crippen LogP contribution in [0.5, 0.6) is 0 Å². The van der Waals surface area contributed by atoms with Crippen molar-refractivity contribution in [3.05, 3.63) is 60.4 Å². The van der Waals surface area contributed by atoms with Gasteiger partial charge in [-0.25, -0.2) is 4.57 Å². The number of rotatable bonds is 9. The molecule has 1 aromatic heterocycles. The van der Waals surface area contributed by atoms with Crippen molar-refractivity contribution in [2.24, 2.45) is 5.10 Å². The minimum Gasteiger partial charge on any atom is -0.269 e. The standard InChI is InChI=1S/C19H25BrN3/c1-22(19-9-5-4-6-10-19)21-17-18-11-15-23(16-12-18)14-8-3-2-7-13-20/h4-6,9-12,15-17H,2-3,7-8,13-14H2,1H3/q+1. The first-order chi connectivity index (χ1) is 11.3. The van der Waals surface area contributed by atoms with Gasteiger partial charge in [-0.05, 0) is 25.0 Å². The molecule has 0 spiro atoms. The number of halogens is 1. The molecule has 0 fully saturated rings. The molecule has 0 unspecified atom stereocenters. The Morgan fingerprint density at radius 3 is 2.39 bits per heavy atom. The predicted octanol–water partition coefficient (Wildman–Crippen LogP) is 4.40. The second-order valence-corrected chi connectivity index (χ2v) is 6.37. The van der Waals surface area contributed by atoms with E-state index in [0.717, 1.165) is 23.1 Å². The van der Waals surface area contributed by atoms with E-state index in [1.165, 1.54) is 25.7 Å². The van der Waals surface area contributed by atoms with Crippen LogP contribution in [0.4, 0.5) is 5.69 Å². The fourth-order valence-corrected chi connectivity index (χ4v) is 2.71. The minimum absolute atomic E-state index is 1.08. The first-order valence-corrected chi connectivity index (χ1v) is 9.29. The van der Waals surface area contributed by atoms with Gasteiger partial charge in [0, 0.05) is 36.5 Å². The minimum atomic E-state index is 1.08. The van der Waals surface area contributed by atoms with Crippen molar-refractivity contribution in [1.82, 2.24) is 0 Å². The molecular formula is C19H25BrN3+. The molecule has 2 aromatic rings. The van der Waals surface area contributed by atoms with E-state index in [1.54, 1.807) is 0 Å². The summed E-state index contributed by atoms with van der Waals surface area (Å²) >= 11 is 3.47. The van der Waals surface area contributed by atoms with E-state index >= 15 is 0 Å². The highest BCUT2D eigenvalue weighted by molar-refractivity contribution is 9.09. The van der Waals surface area contributed by atoms with Crippen LogP contribution in [0, 0.1) is 0 Å². The number of alkyl halides is 1. The normalized spacial score (nSPS) is 11.0. The second-order valence-electron chi connectivity index (χ2n) is 5.58. The predicted molar refractivity (Wildman–Crippen MR) is 101 cm³/mol. The molecule has 0 radical (unpaired) electrons. The number of pyridine rings is 1. The van der Waals surface area contributed by atoms with Gasteiger partial charge in [-0.15, -0.1) is 0 Å². The number of nitrogens with zero attached hydrogens (tertiary/aromatic N) is 3. The summed E-state index contributed by atoms with van der Waals surface area (Å²) in [7, 11) is 1.96. The molecule has 0 saturated heterocycles. The maximum absolute atomic E-state index is 4.48. The molecule has 1 aromatic carbocycles. The van der Waals surface area contributed by atoms with Gasteiger partial charge in [0.2, 0.25) is 0 Å². The number of benzene rings is 1. The van der Waals surface area contributed by atoms with Crippen LogP contribution in [0.25, 0.3) is 0 Å². The number of hydrogen-bond donors (Lipinski definition) is 0. The topological polar surface area (TPSA) is 19.5 Å². The quantitative estimate of drug-likeness (QED) is 0.209. The first kappa shape index (κ1) is 17.7. The molecule has 0 bridgehead atoms. The monoisotopic (exact) mass is 374 g/mol. The maximum Gasteiger partial charge on any atom is 0.169 e. The molecule has 0 aliphatic heterocycles. The van der Waals surface area contributed by atoms with Gasteiger partial charge < -0.3 is 0 Å². The molecule has 1 heterocycles. The lowest BCUT2D eigenvalue weighted by Gasteiger charge is -2.11. The van der Waals surface area contributed by atoms with Crippen molar-refractivity contribution >= 4 is 27.8 Å². The van der Waals surface area contributed by atoms with E-state index < -0.39 is 0 Å². The highest BCUT2D eigenvalue weighted by Gasteiger charge is 2.01. The summed E-state index contributed by atoms with van der Waals surface area (Å²) in [5.74, 6) is 0. The van der Waals surface area contributed by atoms with Crippen LogP contribution in [0.2, 0.25) is 0 Å². The first-order valence-electron chi connectivity index (χ1n) is 8.17. The van der Waals surface area contributed by atoms with Gasteiger partial charge in [-0.2, -0.15) is 5.10 Å². The zero-order chi connectivity index (χ0) is 16.3. The van der Waals surface area contributed by atoms with Crippen LogP contribution in [0.3, 0.4) is 0 Å². The summed E-state index contributed by atoms with van der Waals surface area (Å²) in [6.45, 7) is 1.09. The fourth-order valence-electron chi connectivity index (χ4n) is 2.31. The average molecular weight is 375 g/mol. The summed E-state index contributed by atoms with van der Waals surface area (Å²) in [6, 6.07) is 14.4. The highest BCUT2D eigenvalue weighted by Crippen LogP contribution is 2.10. The lowest BCUT2D eigenvalue weighted by Crippen LogP contribution is -2.32. The third-order valence-corrected chi connectivity index (χ3v) is 4.29. The van der Waals surface area contributed by atoms with E-state index in [9.17, 15) is 0 Å². The summed E-state index contributed by atoms with van der Waals surface area (Å²) in [4.78, 5) is 0. The van der Waals surface area contributed by atoms with Crippen LogP contribution in [-0.2, 0) is 6.54 Å². The van der Waals surface area contributed by atoms with E-state index in [4.69, 9.17) is 0 Å². The second kappa shape index (κ2) is 10.2. The molecule has 0 atom stereocenters. The van der Waals surface area contributed by atoms with Gasteiger partial charge in [0.1, 0.15) is 6.54 Å². The molecular weight excluding hydrogens is 350 g/mol. The molecule has 3 nitrogen and oxygen atoms in total. The molecule has 2 rings (SSSR count). The number of aryl methyl sites for hydroxylation is 1. The molecule has 122 valence electrons. The summed E-state index contributed by atoms with van der Waals surface area (Å²) in [6.07, 6.45) is 11.3. The van der Waals surface area contributed by atoms with E-state index in [2.05, 4.69) is 50.1 Å². The van der Waals surface area contributed by atoms with Crippen LogP contribution in [0.15, 0.2) is 60.0 Å². The molecule has 0 N–H and O–H groups in total. The Labute approximate surface area is 147 Å². The van der Waals surface area contributed by atoms with Gasteiger partial charge in [0.15, 0.2) is 12.4 Å². The lowest BCUT2D eigenvalue weighted by molar-refractivity contribution is -0.697. The van der Waals surface area contributed by atoms with Crippen molar-refractivity contribution in [3.63, 3.8) is 0 Å². The number of hydrazone groups is 1. The Morgan fingerprint density at radius 1 is 1.00 bits per heavy atom. The summed E-state index contributed by atoms with van der Waals surface area (Å²) in [5, 5.41) is 7.48. The zero-order valence-corrected chi connectivity index (χ0v) is 15.3. The van der Waals surface area contributed by atoms with E-state index in [1.807, 2.05) is 48.6 Å². The Hall–Kier alpha value is -1.68. The molecule has 0 amide bonds. The highest BCUT2D eigenvalue weighted by atomic mass is 79.9. The van der Waals surface area contributed by atoms with Crippen molar-refractivity contribution in [1.29, 1.82) is 0 Å². The van der Waals surface area contributed by atoms with Crippen LogP contribution >= 0.6 is 15.9 Å². The Balaban J connectivity index is 1.81. The molecule has 0 saturated carbocycles. The smallest absolute Gasteiger partial charge is 0.169 e. The maximum atomic E-state index is 4.48. The number of unbranched alkanes of at least 4 members (excludes halogenated alkanes) is 3. The number of hydrogen-bond acceptors (Lipinski definition) is 2. The Morgan fingerprint density at radius 2 is 1.70 bits per heavy atom. The van der Waals surface area contributed by atoms with Gasteiger partial charge in [-0.3, -0.25) is 5.01 Å². The molecule has 23 heavy (non-hydrogen) atoms. The third kappa shape index (κ3) is 6.53. The van der Waals surface area contributed by atoms with Crippen molar-refractivity contribution in [2.45, 2.75) is 32.2 Å².